The quantitative estimate of drug-likeness (QED) is 0.127. The van der Waals surface area contributed by atoms with Gasteiger partial charge in [0.25, 0.3) is 0 Å². The van der Waals surface area contributed by atoms with E-state index in [9.17, 15) is 0 Å². The van der Waals surface area contributed by atoms with Crippen LogP contribution >= 0.6 is 31.9 Å². The SMILES string of the molecule is CCCCCCOCc1cc(Br)cc(C#Cc2cccc(C#Cc3cc(Br)cc(COCCCCCC)c3)n2)c1. The van der Waals surface area contributed by atoms with E-state index in [-0.39, 0.29) is 0 Å². The zero-order valence-corrected chi connectivity index (χ0v) is 26.9. The van der Waals surface area contributed by atoms with Gasteiger partial charge in [-0.1, -0.05) is 102 Å². The molecular formula is C35H39Br2NO2. The minimum atomic E-state index is 0.589. The molecule has 5 heteroatoms. The Morgan fingerprint density at radius 2 is 1.07 bits per heavy atom. The van der Waals surface area contributed by atoms with Crippen LogP contribution in [0.5, 0.6) is 0 Å². The Hall–Kier alpha value is -2.41. The Bertz CT molecular complexity index is 1230. The van der Waals surface area contributed by atoms with E-state index in [2.05, 4.69) is 98.6 Å². The first-order valence-corrected chi connectivity index (χ1v) is 15.9. The smallest absolute Gasteiger partial charge is 0.115 e. The van der Waals surface area contributed by atoms with Crippen LogP contribution in [0.25, 0.3) is 0 Å². The van der Waals surface area contributed by atoms with Gasteiger partial charge in [0.05, 0.1) is 13.2 Å². The van der Waals surface area contributed by atoms with E-state index in [4.69, 9.17) is 9.47 Å². The highest BCUT2D eigenvalue weighted by Gasteiger charge is 2.01. The first-order chi connectivity index (χ1) is 19.6. The lowest BCUT2D eigenvalue weighted by atomic mass is 10.1. The molecule has 40 heavy (non-hydrogen) atoms. The van der Waals surface area contributed by atoms with Crippen LogP contribution in [0.1, 0.15) is 98.9 Å². The minimum Gasteiger partial charge on any atom is -0.377 e. The maximum Gasteiger partial charge on any atom is 0.115 e. The van der Waals surface area contributed by atoms with Gasteiger partial charge in [-0.3, -0.25) is 0 Å². The number of ether oxygens (including phenoxy) is 2. The van der Waals surface area contributed by atoms with Gasteiger partial charge in [-0.2, -0.15) is 0 Å². The highest BCUT2D eigenvalue weighted by Crippen LogP contribution is 2.18. The average Bonchev–Trinajstić information content (AvgIpc) is 2.94. The van der Waals surface area contributed by atoms with Crippen molar-refractivity contribution in [1.29, 1.82) is 0 Å². The molecule has 0 radical (unpaired) electrons. The molecular weight excluding hydrogens is 626 g/mol. The Balaban J connectivity index is 1.61. The average molecular weight is 666 g/mol. The van der Waals surface area contributed by atoms with E-state index in [0.29, 0.717) is 24.6 Å². The van der Waals surface area contributed by atoms with Crippen molar-refractivity contribution in [1.82, 2.24) is 4.98 Å². The molecule has 0 unspecified atom stereocenters. The van der Waals surface area contributed by atoms with E-state index in [1.807, 2.05) is 30.3 Å². The van der Waals surface area contributed by atoms with Crippen molar-refractivity contribution >= 4 is 31.9 Å². The third-order valence-electron chi connectivity index (χ3n) is 6.16. The van der Waals surface area contributed by atoms with E-state index in [1.165, 1.54) is 38.5 Å². The molecule has 0 saturated heterocycles. The maximum atomic E-state index is 5.86. The number of halogens is 2. The van der Waals surface area contributed by atoms with Gasteiger partial charge in [0.15, 0.2) is 0 Å². The lowest BCUT2D eigenvalue weighted by molar-refractivity contribution is 0.116. The number of nitrogens with zero attached hydrogens (tertiary/aromatic N) is 1. The molecule has 0 saturated carbocycles. The fourth-order valence-electron chi connectivity index (χ4n) is 4.10. The third kappa shape index (κ3) is 12.8. The number of pyridine rings is 1. The topological polar surface area (TPSA) is 31.4 Å². The monoisotopic (exact) mass is 663 g/mol. The molecule has 0 bridgehead atoms. The fraction of sp³-hybridized carbons (Fsp3) is 0.400. The van der Waals surface area contributed by atoms with Gasteiger partial charge in [-0.05, 0) is 84.3 Å². The van der Waals surface area contributed by atoms with Crippen LogP contribution in [0.3, 0.4) is 0 Å². The van der Waals surface area contributed by atoms with Gasteiger partial charge in [0.2, 0.25) is 0 Å². The molecule has 0 aliphatic rings. The maximum absolute atomic E-state index is 5.86. The van der Waals surface area contributed by atoms with E-state index in [0.717, 1.165) is 57.3 Å². The second-order valence-electron chi connectivity index (χ2n) is 9.83. The second-order valence-corrected chi connectivity index (χ2v) is 11.7. The lowest BCUT2D eigenvalue weighted by Gasteiger charge is -2.06. The molecule has 1 heterocycles. The first kappa shape index (κ1) is 32.1. The van der Waals surface area contributed by atoms with Crippen molar-refractivity contribution in [3.8, 4) is 23.7 Å². The van der Waals surface area contributed by atoms with Crippen LogP contribution in [0.15, 0.2) is 63.5 Å². The van der Waals surface area contributed by atoms with Crippen LogP contribution in [0, 0.1) is 23.7 Å². The molecule has 3 aromatic rings. The van der Waals surface area contributed by atoms with Gasteiger partial charge in [-0.15, -0.1) is 0 Å². The van der Waals surface area contributed by atoms with Crippen LogP contribution in [-0.4, -0.2) is 18.2 Å². The van der Waals surface area contributed by atoms with E-state index in [1.54, 1.807) is 0 Å². The minimum absolute atomic E-state index is 0.589. The molecule has 0 atom stereocenters. The fourth-order valence-corrected chi connectivity index (χ4v) is 5.18. The van der Waals surface area contributed by atoms with Crippen molar-refractivity contribution in [3.05, 3.63) is 97.2 Å². The van der Waals surface area contributed by atoms with Crippen LogP contribution in [-0.2, 0) is 22.7 Å². The normalized spacial score (nSPS) is 10.5. The van der Waals surface area contributed by atoms with Crippen molar-refractivity contribution < 1.29 is 9.47 Å². The van der Waals surface area contributed by atoms with E-state index >= 15 is 0 Å². The Kier molecular flexibility index (Phi) is 15.1. The predicted octanol–water partition coefficient (Wildman–Crippen LogP) is 9.60. The number of unbranched alkanes of at least 4 members (excludes halogenated alkanes) is 6. The first-order valence-electron chi connectivity index (χ1n) is 14.3. The third-order valence-corrected chi connectivity index (χ3v) is 7.07. The Morgan fingerprint density at radius 1 is 0.600 bits per heavy atom. The number of hydrogen-bond donors (Lipinski definition) is 0. The Morgan fingerprint density at radius 3 is 1.52 bits per heavy atom. The molecule has 2 aromatic carbocycles. The summed E-state index contributed by atoms with van der Waals surface area (Å²) < 4.78 is 13.7. The van der Waals surface area contributed by atoms with Crippen molar-refractivity contribution in [2.75, 3.05) is 13.2 Å². The summed E-state index contributed by atoms with van der Waals surface area (Å²) in [7, 11) is 0. The van der Waals surface area contributed by atoms with Crippen molar-refractivity contribution in [2.45, 2.75) is 78.4 Å². The summed E-state index contributed by atoms with van der Waals surface area (Å²) in [6.07, 6.45) is 9.66. The molecule has 3 nitrogen and oxygen atoms in total. The summed E-state index contributed by atoms with van der Waals surface area (Å²) in [4.78, 5) is 4.64. The molecule has 210 valence electrons. The second kappa shape index (κ2) is 18.8. The summed E-state index contributed by atoms with van der Waals surface area (Å²) in [5.74, 6) is 12.9. The summed E-state index contributed by atoms with van der Waals surface area (Å²) in [5.41, 5.74) is 5.44. The molecule has 0 aliphatic heterocycles. The highest BCUT2D eigenvalue weighted by atomic mass is 79.9. The number of rotatable bonds is 14. The molecule has 0 fully saturated rings. The van der Waals surface area contributed by atoms with Gasteiger partial charge in [0.1, 0.15) is 11.4 Å². The largest absolute Gasteiger partial charge is 0.377 e. The van der Waals surface area contributed by atoms with E-state index < -0.39 is 0 Å². The zero-order valence-electron chi connectivity index (χ0n) is 23.7. The standard InChI is InChI=1S/C35H39Br2NO2/c1-3-5-7-9-18-39-26-30-20-28(22-32(36)24-30)14-16-34-12-11-13-35(38-34)17-15-29-21-31(25-33(37)23-29)27-40-19-10-8-6-4-2/h11-13,20-25H,3-10,18-19,26-27H2,1-2H3. The molecule has 0 N–H and O–H groups in total. The van der Waals surface area contributed by atoms with Crippen LogP contribution in [0.4, 0.5) is 0 Å². The molecule has 0 spiro atoms. The summed E-state index contributed by atoms with van der Waals surface area (Å²) in [6, 6.07) is 18.1. The molecule has 3 rings (SSSR count). The predicted molar refractivity (Wildman–Crippen MR) is 172 cm³/mol. The van der Waals surface area contributed by atoms with Gasteiger partial charge >= 0.3 is 0 Å². The van der Waals surface area contributed by atoms with Crippen molar-refractivity contribution in [3.63, 3.8) is 0 Å². The number of hydrogen-bond acceptors (Lipinski definition) is 3. The van der Waals surface area contributed by atoms with Crippen LogP contribution in [0.2, 0.25) is 0 Å². The molecule has 1 aromatic heterocycles. The Labute approximate surface area is 257 Å². The number of benzene rings is 2. The highest BCUT2D eigenvalue weighted by molar-refractivity contribution is 9.10. The van der Waals surface area contributed by atoms with Crippen molar-refractivity contribution in [2.24, 2.45) is 0 Å². The number of aromatic nitrogens is 1. The van der Waals surface area contributed by atoms with Gasteiger partial charge < -0.3 is 9.47 Å². The summed E-state index contributed by atoms with van der Waals surface area (Å²) in [6.45, 7) is 7.20. The zero-order chi connectivity index (χ0) is 28.4. The molecule has 0 aliphatic carbocycles. The summed E-state index contributed by atoms with van der Waals surface area (Å²) >= 11 is 7.21. The lowest BCUT2D eigenvalue weighted by Crippen LogP contribution is -1.96. The van der Waals surface area contributed by atoms with Crippen LogP contribution < -0.4 is 0 Å². The molecule has 0 amide bonds. The summed E-state index contributed by atoms with van der Waals surface area (Å²) in [5, 5.41) is 0. The van der Waals surface area contributed by atoms with Gasteiger partial charge in [0, 0.05) is 33.3 Å². The van der Waals surface area contributed by atoms with Gasteiger partial charge in [-0.25, -0.2) is 4.98 Å².